The lowest BCUT2D eigenvalue weighted by atomic mass is 10.2. The minimum Gasteiger partial charge on any atom is -0.469 e. The number of hydrogen-bond acceptors (Lipinski definition) is 5. The summed E-state index contributed by atoms with van der Waals surface area (Å²) in [4.78, 5) is 13.7. The van der Waals surface area contributed by atoms with Crippen molar-refractivity contribution in [3.63, 3.8) is 0 Å². The number of aryl methyl sites for hydroxylation is 1. The molecule has 0 fully saturated rings. The number of hydrazine groups is 1. The molecule has 0 aromatic carbocycles. The molecule has 2 aromatic heterocycles. The zero-order valence-electron chi connectivity index (χ0n) is 9.64. The van der Waals surface area contributed by atoms with Gasteiger partial charge in [-0.1, -0.05) is 11.6 Å². The smallest absolute Gasteiger partial charge is 0.269 e. The lowest BCUT2D eigenvalue weighted by molar-refractivity contribution is 0.0943. The molecule has 2 N–H and O–H groups in total. The van der Waals surface area contributed by atoms with Crippen molar-refractivity contribution in [2.24, 2.45) is 0 Å². The largest absolute Gasteiger partial charge is 0.469 e. The van der Waals surface area contributed by atoms with E-state index in [9.17, 15) is 13.2 Å². The van der Waals surface area contributed by atoms with E-state index in [2.05, 4.69) is 5.43 Å². The molecular weight excluding hydrogens is 312 g/mol. The first-order valence-electron chi connectivity index (χ1n) is 5.02. The predicted molar refractivity (Wildman–Crippen MR) is 70.6 cm³/mol. The molecule has 1 amide bonds. The molecule has 0 saturated heterocycles. The fourth-order valence-corrected chi connectivity index (χ4v) is 3.62. The predicted octanol–water partition coefficient (Wildman–Crippen LogP) is 1.93. The Morgan fingerprint density at radius 2 is 2.11 bits per heavy atom. The van der Waals surface area contributed by atoms with Gasteiger partial charge >= 0.3 is 0 Å². The second kappa shape index (κ2) is 5.33. The molecular formula is C10H9ClN2O4S2. The van der Waals surface area contributed by atoms with Crippen LogP contribution >= 0.6 is 22.9 Å². The van der Waals surface area contributed by atoms with Crippen LogP contribution in [0.4, 0.5) is 0 Å². The highest BCUT2D eigenvalue weighted by molar-refractivity contribution is 7.91. The average molecular weight is 321 g/mol. The molecule has 102 valence electrons. The molecule has 0 unspecified atom stereocenters. The highest BCUT2D eigenvalue weighted by Crippen LogP contribution is 2.24. The summed E-state index contributed by atoms with van der Waals surface area (Å²) in [5.74, 6) is -0.201. The van der Waals surface area contributed by atoms with Gasteiger partial charge in [-0.2, -0.15) is 0 Å². The Labute approximate surface area is 118 Å². The van der Waals surface area contributed by atoms with E-state index in [0.717, 1.165) is 11.3 Å². The van der Waals surface area contributed by atoms with Gasteiger partial charge in [0.25, 0.3) is 15.9 Å². The number of halogens is 1. The van der Waals surface area contributed by atoms with Gasteiger partial charge in [-0.05, 0) is 25.1 Å². The summed E-state index contributed by atoms with van der Waals surface area (Å²) in [5, 5.41) is 0. The fraction of sp³-hybridized carbons (Fsp3) is 0.100. The standard InChI is InChI=1S/C10H9ClN2O4S2/c1-6-7(4-5-17-6)10(14)12-13-19(15,16)9-3-2-8(11)18-9/h2-5,13H,1H3,(H,12,14). The van der Waals surface area contributed by atoms with E-state index < -0.39 is 15.9 Å². The van der Waals surface area contributed by atoms with Crippen LogP contribution < -0.4 is 10.3 Å². The van der Waals surface area contributed by atoms with Gasteiger partial charge in [-0.3, -0.25) is 10.2 Å². The van der Waals surface area contributed by atoms with E-state index in [-0.39, 0.29) is 9.77 Å². The van der Waals surface area contributed by atoms with Crippen LogP contribution in [0.2, 0.25) is 4.34 Å². The van der Waals surface area contributed by atoms with Crippen molar-refractivity contribution in [2.75, 3.05) is 0 Å². The van der Waals surface area contributed by atoms with Gasteiger partial charge in [0.05, 0.1) is 16.2 Å². The summed E-state index contributed by atoms with van der Waals surface area (Å²) in [7, 11) is -3.82. The molecule has 0 atom stereocenters. The Bertz CT molecular complexity index is 705. The Balaban J connectivity index is 2.07. The van der Waals surface area contributed by atoms with E-state index in [1.54, 1.807) is 6.92 Å². The van der Waals surface area contributed by atoms with E-state index in [1.165, 1.54) is 24.5 Å². The number of hydrogen-bond donors (Lipinski definition) is 2. The molecule has 0 bridgehead atoms. The lowest BCUT2D eigenvalue weighted by Gasteiger charge is -2.06. The normalized spacial score (nSPS) is 11.5. The van der Waals surface area contributed by atoms with Gasteiger partial charge in [-0.25, -0.2) is 8.42 Å². The molecule has 9 heteroatoms. The van der Waals surface area contributed by atoms with Crippen LogP contribution in [-0.4, -0.2) is 14.3 Å². The molecule has 2 aromatic rings. The lowest BCUT2D eigenvalue weighted by Crippen LogP contribution is -2.41. The van der Waals surface area contributed by atoms with Gasteiger partial charge < -0.3 is 4.42 Å². The first kappa shape index (κ1) is 14.1. The van der Waals surface area contributed by atoms with Crippen LogP contribution in [0.15, 0.2) is 33.1 Å². The van der Waals surface area contributed by atoms with Gasteiger partial charge in [0.2, 0.25) is 0 Å². The maximum atomic E-state index is 11.8. The molecule has 0 aliphatic carbocycles. The monoisotopic (exact) mass is 320 g/mol. The third-order valence-electron chi connectivity index (χ3n) is 2.22. The first-order valence-corrected chi connectivity index (χ1v) is 7.69. The number of sulfonamides is 1. The highest BCUT2D eigenvalue weighted by Gasteiger charge is 2.19. The first-order chi connectivity index (χ1) is 8.90. The number of thiophene rings is 1. The molecule has 0 spiro atoms. The van der Waals surface area contributed by atoms with Crippen molar-refractivity contribution in [2.45, 2.75) is 11.1 Å². The number of rotatable bonds is 4. The molecule has 0 aliphatic rings. The van der Waals surface area contributed by atoms with Gasteiger partial charge in [0.1, 0.15) is 9.97 Å². The molecule has 19 heavy (non-hydrogen) atoms. The summed E-state index contributed by atoms with van der Waals surface area (Å²) in [5.41, 5.74) is 2.36. The van der Waals surface area contributed by atoms with Crippen LogP contribution in [0, 0.1) is 6.92 Å². The number of furan rings is 1. The minimum absolute atomic E-state index is 0.0155. The van der Waals surface area contributed by atoms with Crippen LogP contribution in [0.3, 0.4) is 0 Å². The molecule has 0 saturated carbocycles. The van der Waals surface area contributed by atoms with Gasteiger partial charge in [0, 0.05) is 0 Å². The number of nitrogens with one attached hydrogen (secondary N) is 2. The third-order valence-corrected chi connectivity index (χ3v) is 5.19. The summed E-state index contributed by atoms with van der Waals surface area (Å²) in [6.45, 7) is 1.60. The van der Waals surface area contributed by atoms with Crippen molar-refractivity contribution >= 4 is 38.9 Å². The minimum atomic E-state index is -3.82. The zero-order valence-corrected chi connectivity index (χ0v) is 12.0. The third kappa shape index (κ3) is 3.16. The molecule has 6 nitrogen and oxygen atoms in total. The average Bonchev–Trinajstić information content (AvgIpc) is 2.95. The maximum Gasteiger partial charge on any atom is 0.269 e. The van der Waals surface area contributed by atoms with E-state index in [1.807, 2.05) is 4.83 Å². The number of carbonyl (C=O) groups excluding carboxylic acids is 1. The summed E-state index contributed by atoms with van der Waals surface area (Å²) in [6, 6.07) is 4.26. The second-order valence-corrected chi connectivity index (χ2v) is 7.13. The summed E-state index contributed by atoms with van der Waals surface area (Å²) in [6.07, 6.45) is 1.35. The Morgan fingerprint density at radius 3 is 2.63 bits per heavy atom. The van der Waals surface area contributed by atoms with Crippen molar-refractivity contribution in [3.05, 3.63) is 40.1 Å². The van der Waals surface area contributed by atoms with Gasteiger partial charge in [-0.15, -0.1) is 16.2 Å². The van der Waals surface area contributed by atoms with Crippen molar-refractivity contribution < 1.29 is 17.6 Å². The quantitative estimate of drug-likeness (QED) is 0.842. The summed E-state index contributed by atoms with van der Waals surface area (Å²) >= 11 is 6.55. The second-order valence-electron chi connectivity index (χ2n) is 3.51. The van der Waals surface area contributed by atoms with E-state index >= 15 is 0 Å². The number of amides is 1. The zero-order chi connectivity index (χ0) is 14.0. The van der Waals surface area contributed by atoms with Crippen molar-refractivity contribution in [1.29, 1.82) is 0 Å². The molecule has 2 heterocycles. The van der Waals surface area contributed by atoms with Crippen molar-refractivity contribution in [3.8, 4) is 0 Å². The van der Waals surface area contributed by atoms with E-state index in [4.69, 9.17) is 16.0 Å². The van der Waals surface area contributed by atoms with Crippen molar-refractivity contribution in [1.82, 2.24) is 10.3 Å². The molecule has 2 rings (SSSR count). The Morgan fingerprint density at radius 1 is 1.37 bits per heavy atom. The fourth-order valence-electron chi connectivity index (χ4n) is 1.29. The molecule has 0 aliphatic heterocycles. The van der Waals surface area contributed by atoms with Crippen LogP contribution in [0.1, 0.15) is 16.1 Å². The van der Waals surface area contributed by atoms with Crippen LogP contribution in [-0.2, 0) is 10.0 Å². The molecule has 0 radical (unpaired) electrons. The number of carbonyl (C=O) groups is 1. The van der Waals surface area contributed by atoms with E-state index in [0.29, 0.717) is 10.1 Å². The SMILES string of the molecule is Cc1occc1C(=O)NNS(=O)(=O)c1ccc(Cl)s1. The maximum absolute atomic E-state index is 11.8. The Hall–Kier alpha value is -1.35. The topological polar surface area (TPSA) is 88.4 Å². The Kier molecular flexibility index (Phi) is 3.95. The van der Waals surface area contributed by atoms with Crippen LogP contribution in [0.25, 0.3) is 0 Å². The van der Waals surface area contributed by atoms with Gasteiger partial charge in [0.15, 0.2) is 0 Å². The summed E-state index contributed by atoms with van der Waals surface area (Å²) < 4.78 is 28.9. The highest BCUT2D eigenvalue weighted by atomic mass is 35.5. The van der Waals surface area contributed by atoms with Crippen LogP contribution in [0.5, 0.6) is 0 Å².